The van der Waals surface area contributed by atoms with Gasteiger partial charge in [0.15, 0.2) is 5.69 Å². The molecule has 1 aromatic heterocycles. The maximum atomic E-state index is 11.7. The third-order valence-electron chi connectivity index (χ3n) is 2.76. The summed E-state index contributed by atoms with van der Waals surface area (Å²) < 4.78 is 11.2. The van der Waals surface area contributed by atoms with Gasteiger partial charge in [0.25, 0.3) is 5.56 Å². The number of aromatic nitrogens is 2. The molecule has 0 aromatic carbocycles. The van der Waals surface area contributed by atoms with Crippen LogP contribution in [0.4, 0.5) is 0 Å². The third-order valence-corrected chi connectivity index (χ3v) is 2.76. The number of nitrogens with zero attached hydrogens (tertiary/aromatic N) is 2. The zero-order chi connectivity index (χ0) is 12.3. The van der Waals surface area contributed by atoms with E-state index in [1.165, 1.54) is 23.9 Å². The van der Waals surface area contributed by atoms with Gasteiger partial charge >= 0.3 is 5.97 Å². The summed E-state index contributed by atoms with van der Waals surface area (Å²) in [6.07, 6.45) is 1.47. The fourth-order valence-electron chi connectivity index (χ4n) is 1.83. The molecule has 6 heteroatoms. The van der Waals surface area contributed by atoms with Gasteiger partial charge in [-0.2, -0.15) is 5.10 Å². The largest absolute Gasteiger partial charge is 0.464 e. The van der Waals surface area contributed by atoms with Crippen LogP contribution in [0.5, 0.6) is 0 Å². The Morgan fingerprint density at radius 2 is 2.18 bits per heavy atom. The van der Waals surface area contributed by atoms with Crippen LogP contribution in [0.2, 0.25) is 0 Å². The normalized spacial score (nSPS) is 16.8. The Morgan fingerprint density at radius 3 is 2.82 bits per heavy atom. The van der Waals surface area contributed by atoms with Crippen LogP contribution in [0, 0.1) is 0 Å². The first kappa shape index (κ1) is 11.8. The summed E-state index contributed by atoms with van der Waals surface area (Å²) in [5, 5.41) is 4.04. The minimum atomic E-state index is -0.536. The molecule has 2 heterocycles. The molecule has 0 unspecified atom stereocenters. The second-order valence-electron chi connectivity index (χ2n) is 3.84. The van der Waals surface area contributed by atoms with Crippen molar-refractivity contribution in [2.45, 2.75) is 18.9 Å². The van der Waals surface area contributed by atoms with Crippen molar-refractivity contribution in [3.8, 4) is 0 Å². The average molecular weight is 238 g/mol. The van der Waals surface area contributed by atoms with Crippen LogP contribution < -0.4 is 5.56 Å². The smallest absolute Gasteiger partial charge is 0.358 e. The van der Waals surface area contributed by atoms with Crippen LogP contribution in [0.15, 0.2) is 16.9 Å². The summed E-state index contributed by atoms with van der Waals surface area (Å²) in [4.78, 5) is 23.0. The predicted molar refractivity (Wildman–Crippen MR) is 58.9 cm³/mol. The topological polar surface area (TPSA) is 70.4 Å². The van der Waals surface area contributed by atoms with Crippen molar-refractivity contribution < 1.29 is 14.3 Å². The molecule has 0 N–H and O–H groups in total. The molecule has 0 aliphatic carbocycles. The highest BCUT2D eigenvalue weighted by atomic mass is 16.5. The van der Waals surface area contributed by atoms with Crippen LogP contribution in [0.3, 0.4) is 0 Å². The minimum Gasteiger partial charge on any atom is -0.464 e. The number of carbonyl (C=O) groups excluding carboxylic acids is 1. The van der Waals surface area contributed by atoms with Crippen molar-refractivity contribution in [1.29, 1.82) is 0 Å². The third kappa shape index (κ3) is 2.52. The quantitative estimate of drug-likeness (QED) is 0.697. The Bertz CT molecular complexity index is 463. The number of esters is 1. The maximum Gasteiger partial charge on any atom is 0.358 e. The highest BCUT2D eigenvalue weighted by Crippen LogP contribution is 2.17. The van der Waals surface area contributed by atoms with E-state index < -0.39 is 5.97 Å². The molecule has 1 aliphatic rings. The van der Waals surface area contributed by atoms with E-state index in [1.54, 1.807) is 0 Å². The SMILES string of the molecule is COC(=O)c1ccc(=O)n(C2CCOCC2)n1. The van der Waals surface area contributed by atoms with Crippen molar-refractivity contribution >= 4 is 5.97 Å². The fourth-order valence-corrected chi connectivity index (χ4v) is 1.83. The molecule has 17 heavy (non-hydrogen) atoms. The van der Waals surface area contributed by atoms with Crippen LogP contribution in [-0.4, -0.2) is 36.1 Å². The highest BCUT2D eigenvalue weighted by molar-refractivity contribution is 5.86. The molecular formula is C11H14N2O4. The van der Waals surface area contributed by atoms with Crippen molar-refractivity contribution in [2.24, 2.45) is 0 Å². The molecule has 92 valence electrons. The zero-order valence-corrected chi connectivity index (χ0v) is 9.59. The number of hydrogen-bond donors (Lipinski definition) is 0. The predicted octanol–water partition coefficient (Wildman–Crippen LogP) is 0.381. The van der Waals surface area contributed by atoms with E-state index in [-0.39, 0.29) is 17.3 Å². The standard InChI is InChI=1S/C11H14N2O4/c1-16-11(15)9-2-3-10(14)13(12-9)8-4-6-17-7-5-8/h2-3,8H,4-7H2,1H3. The van der Waals surface area contributed by atoms with Gasteiger partial charge in [-0.3, -0.25) is 4.79 Å². The van der Waals surface area contributed by atoms with Gasteiger partial charge in [-0.1, -0.05) is 0 Å². The number of methoxy groups -OCH3 is 1. The Balaban J connectivity index is 2.31. The van der Waals surface area contributed by atoms with Crippen LogP contribution in [0.25, 0.3) is 0 Å². The zero-order valence-electron chi connectivity index (χ0n) is 9.59. The van der Waals surface area contributed by atoms with Crippen LogP contribution >= 0.6 is 0 Å². The Hall–Kier alpha value is -1.69. The molecule has 6 nitrogen and oxygen atoms in total. The Morgan fingerprint density at radius 1 is 1.47 bits per heavy atom. The maximum absolute atomic E-state index is 11.7. The van der Waals surface area contributed by atoms with Gasteiger partial charge in [-0.25, -0.2) is 9.48 Å². The van der Waals surface area contributed by atoms with Gasteiger partial charge in [-0.05, 0) is 18.9 Å². The second-order valence-corrected chi connectivity index (χ2v) is 3.84. The second kappa shape index (κ2) is 5.09. The number of carbonyl (C=O) groups is 1. The van der Waals surface area contributed by atoms with Crippen LogP contribution in [0.1, 0.15) is 29.4 Å². The Labute approximate surface area is 98.1 Å². The molecule has 1 aromatic rings. The first-order valence-corrected chi connectivity index (χ1v) is 5.48. The van der Waals surface area contributed by atoms with Gasteiger partial charge in [0.2, 0.25) is 0 Å². The van der Waals surface area contributed by atoms with Crippen molar-refractivity contribution in [3.63, 3.8) is 0 Å². The van der Waals surface area contributed by atoms with E-state index in [4.69, 9.17) is 4.74 Å². The van der Waals surface area contributed by atoms with E-state index in [0.717, 1.165) is 12.8 Å². The van der Waals surface area contributed by atoms with Crippen molar-refractivity contribution in [2.75, 3.05) is 20.3 Å². The number of rotatable bonds is 2. The summed E-state index contributed by atoms with van der Waals surface area (Å²) in [7, 11) is 1.29. The van der Waals surface area contributed by atoms with E-state index in [0.29, 0.717) is 13.2 Å². The molecule has 1 aliphatic heterocycles. The number of ether oxygens (including phenoxy) is 2. The lowest BCUT2D eigenvalue weighted by Gasteiger charge is -2.23. The lowest BCUT2D eigenvalue weighted by Crippen LogP contribution is -2.32. The van der Waals surface area contributed by atoms with Gasteiger partial charge in [0, 0.05) is 19.3 Å². The summed E-state index contributed by atoms with van der Waals surface area (Å²) in [6.45, 7) is 1.22. The van der Waals surface area contributed by atoms with E-state index >= 15 is 0 Å². The molecule has 0 atom stereocenters. The van der Waals surface area contributed by atoms with E-state index in [9.17, 15) is 9.59 Å². The van der Waals surface area contributed by atoms with E-state index in [2.05, 4.69) is 9.84 Å². The van der Waals surface area contributed by atoms with Gasteiger partial charge < -0.3 is 9.47 Å². The molecular weight excluding hydrogens is 224 g/mol. The molecule has 0 saturated carbocycles. The summed E-state index contributed by atoms with van der Waals surface area (Å²) in [5.74, 6) is -0.536. The van der Waals surface area contributed by atoms with Crippen molar-refractivity contribution in [3.05, 3.63) is 28.2 Å². The van der Waals surface area contributed by atoms with Crippen molar-refractivity contribution in [1.82, 2.24) is 9.78 Å². The first-order valence-electron chi connectivity index (χ1n) is 5.48. The summed E-state index contributed by atoms with van der Waals surface area (Å²) >= 11 is 0. The van der Waals surface area contributed by atoms with E-state index in [1.807, 2.05) is 0 Å². The molecule has 0 spiro atoms. The van der Waals surface area contributed by atoms with Crippen LogP contribution in [-0.2, 0) is 9.47 Å². The lowest BCUT2D eigenvalue weighted by molar-refractivity contribution is 0.0571. The fraction of sp³-hybridized carbons (Fsp3) is 0.545. The molecule has 2 rings (SSSR count). The van der Waals surface area contributed by atoms with Gasteiger partial charge in [0.05, 0.1) is 13.2 Å². The highest BCUT2D eigenvalue weighted by Gasteiger charge is 2.19. The summed E-state index contributed by atoms with van der Waals surface area (Å²) in [5.41, 5.74) is -0.0526. The Kier molecular flexibility index (Phi) is 3.53. The van der Waals surface area contributed by atoms with Gasteiger partial charge in [0.1, 0.15) is 0 Å². The summed E-state index contributed by atoms with van der Waals surface area (Å²) in [6, 6.07) is 2.72. The number of hydrogen-bond acceptors (Lipinski definition) is 5. The molecule has 0 bridgehead atoms. The lowest BCUT2D eigenvalue weighted by atomic mass is 10.1. The molecule has 1 fully saturated rings. The monoisotopic (exact) mass is 238 g/mol. The average Bonchev–Trinajstić information content (AvgIpc) is 2.39. The molecule has 0 amide bonds. The van der Waals surface area contributed by atoms with Gasteiger partial charge in [-0.15, -0.1) is 0 Å². The first-order chi connectivity index (χ1) is 8.22. The minimum absolute atomic E-state index is 0.000793. The molecule has 0 radical (unpaired) electrons. The molecule has 1 saturated heterocycles.